The number of nitrogens with zero attached hydrogens (tertiary/aromatic N) is 1. The minimum atomic E-state index is -0.182. The number of rotatable bonds is 4. The van der Waals surface area contributed by atoms with Crippen molar-refractivity contribution in [1.29, 1.82) is 0 Å². The van der Waals surface area contributed by atoms with Crippen molar-refractivity contribution >= 4 is 11.8 Å². The van der Waals surface area contributed by atoms with Gasteiger partial charge >= 0.3 is 0 Å². The van der Waals surface area contributed by atoms with Crippen LogP contribution < -0.4 is 11.1 Å². The summed E-state index contributed by atoms with van der Waals surface area (Å²) in [6, 6.07) is 13.9. The van der Waals surface area contributed by atoms with Crippen molar-refractivity contribution in [1.82, 2.24) is 10.2 Å². The Morgan fingerprint density at radius 2 is 1.91 bits per heavy atom. The van der Waals surface area contributed by atoms with Crippen molar-refractivity contribution in [3.63, 3.8) is 0 Å². The lowest BCUT2D eigenvalue weighted by molar-refractivity contribution is 0.0882. The average Bonchev–Trinajstić information content (AvgIpc) is 2.97. The van der Waals surface area contributed by atoms with Gasteiger partial charge in [0, 0.05) is 31.7 Å². The average molecular weight is 299 g/mol. The Labute approximate surface area is 130 Å². The molecule has 1 aliphatic rings. The van der Waals surface area contributed by atoms with Crippen LogP contribution >= 0.6 is 0 Å². The minimum absolute atomic E-state index is 0.182. The molecule has 0 saturated carbocycles. The van der Waals surface area contributed by atoms with Crippen LogP contribution in [0.25, 0.3) is 0 Å². The van der Waals surface area contributed by atoms with Gasteiger partial charge in [0.2, 0.25) is 0 Å². The zero-order valence-corrected chi connectivity index (χ0v) is 12.5. The Morgan fingerprint density at radius 3 is 2.55 bits per heavy atom. The second-order valence-corrected chi connectivity index (χ2v) is 5.71. The number of nitrogen functional groups attached to an aromatic ring is 1. The van der Waals surface area contributed by atoms with Gasteiger partial charge < -0.3 is 15.5 Å². The molecule has 0 radical (unpaired) electrons. The first kappa shape index (κ1) is 14.7. The van der Waals surface area contributed by atoms with E-state index >= 15 is 0 Å². The molecule has 3 rings (SSSR count). The molecule has 1 aromatic heterocycles. The summed E-state index contributed by atoms with van der Waals surface area (Å²) in [5.74, 6) is 0.366. The van der Waals surface area contributed by atoms with Crippen molar-refractivity contribution in [2.75, 3.05) is 18.8 Å². The van der Waals surface area contributed by atoms with Gasteiger partial charge in [-0.1, -0.05) is 30.3 Å². The Bertz CT molecular complexity index is 616. The Morgan fingerprint density at radius 1 is 1.18 bits per heavy atom. The molecule has 2 aromatic rings. The molecule has 2 heterocycles. The van der Waals surface area contributed by atoms with Gasteiger partial charge in [-0.05, 0) is 24.5 Å². The van der Waals surface area contributed by atoms with E-state index in [1.807, 2.05) is 6.07 Å². The summed E-state index contributed by atoms with van der Waals surface area (Å²) in [5.41, 5.74) is 6.82. The summed E-state index contributed by atoms with van der Waals surface area (Å²) >= 11 is 0. The van der Waals surface area contributed by atoms with E-state index < -0.39 is 0 Å². The smallest absolute Gasteiger partial charge is 0.287 e. The number of hydrogen-bond acceptors (Lipinski definition) is 4. The third-order valence-electron chi connectivity index (χ3n) is 4.02. The maximum Gasteiger partial charge on any atom is 0.287 e. The number of piperidine rings is 1. The number of likely N-dealkylation sites (tertiary alicyclic amines) is 1. The second-order valence-electron chi connectivity index (χ2n) is 5.71. The van der Waals surface area contributed by atoms with Crippen molar-refractivity contribution in [3.05, 3.63) is 53.8 Å². The van der Waals surface area contributed by atoms with Crippen LogP contribution in [0.4, 0.5) is 5.88 Å². The van der Waals surface area contributed by atoms with Gasteiger partial charge in [-0.25, -0.2) is 0 Å². The molecular weight excluding hydrogens is 278 g/mol. The summed E-state index contributed by atoms with van der Waals surface area (Å²) in [6.07, 6.45) is 1.91. The molecule has 0 spiro atoms. The highest BCUT2D eigenvalue weighted by Gasteiger charge is 2.22. The van der Waals surface area contributed by atoms with Crippen LogP contribution in [-0.4, -0.2) is 29.9 Å². The van der Waals surface area contributed by atoms with E-state index in [4.69, 9.17) is 10.2 Å². The van der Waals surface area contributed by atoms with Crippen LogP contribution in [-0.2, 0) is 6.54 Å². The number of carbonyl (C=O) groups is 1. The molecule has 0 atom stereocenters. The fourth-order valence-corrected chi connectivity index (χ4v) is 2.81. The van der Waals surface area contributed by atoms with E-state index in [9.17, 15) is 4.79 Å². The van der Waals surface area contributed by atoms with E-state index in [0.717, 1.165) is 32.5 Å². The first-order valence-corrected chi connectivity index (χ1v) is 7.63. The van der Waals surface area contributed by atoms with Crippen LogP contribution in [0.2, 0.25) is 0 Å². The monoisotopic (exact) mass is 299 g/mol. The lowest BCUT2D eigenvalue weighted by Gasteiger charge is -2.32. The molecule has 0 unspecified atom stereocenters. The van der Waals surface area contributed by atoms with E-state index in [2.05, 4.69) is 34.5 Å². The van der Waals surface area contributed by atoms with Crippen LogP contribution in [0.1, 0.15) is 29.0 Å². The molecule has 1 saturated heterocycles. The van der Waals surface area contributed by atoms with Gasteiger partial charge in [-0.15, -0.1) is 0 Å². The quantitative estimate of drug-likeness (QED) is 0.908. The van der Waals surface area contributed by atoms with E-state index in [-0.39, 0.29) is 23.6 Å². The fourth-order valence-electron chi connectivity index (χ4n) is 2.81. The number of nitrogens with two attached hydrogens (primary N) is 1. The Kier molecular flexibility index (Phi) is 4.44. The molecule has 1 amide bonds. The molecule has 116 valence electrons. The summed E-state index contributed by atoms with van der Waals surface area (Å²) in [7, 11) is 0. The molecule has 5 heteroatoms. The fraction of sp³-hybridized carbons (Fsp3) is 0.353. The normalized spacial score (nSPS) is 16.5. The van der Waals surface area contributed by atoms with Crippen LogP contribution in [0.3, 0.4) is 0 Å². The lowest BCUT2D eigenvalue weighted by Crippen LogP contribution is -2.44. The van der Waals surface area contributed by atoms with Gasteiger partial charge in [0.05, 0.1) is 0 Å². The molecule has 0 bridgehead atoms. The van der Waals surface area contributed by atoms with Gasteiger partial charge in [-0.3, -0.25) is 9.69 Å². The predicted molar refractivity (Wildman–Crippen MR) is 85.3 cm³/mol. The molecule has 22 heavy (non-hydrogen) atoms. The summed E-state index contributed by atoms with van der Waals surface area (Å²) in [5, 5.41) is 3.02. The third kappa shape index (κ3) is 3.68. The van der Waals surface area contributed by atoms with Gasteiger partial charge in [0.15, 0.2) is 11.6 Å². The van der Waals surface area contributed by atoms with Crippen molar-refractivity contribution < 1.29 is 9.21 Å². The maximum absolute atomic E-state index is 12.0. The second kappa shape index (κ2) is 6.66. The Balaban J connectivity index is 1.46. The molecule has 5 nitrogen and oxygen atoms in total. The van der Waals surface area contributed by atoms with E-state index in [0.29, 0.717) is 0 Å². The number of amides is 1. The lowest BCUT2D eigenvalue weighted by atomic mass is 10.0. The number of anilines is 1. The SMILES string of the molecule is Nc1ccc(C(=O)NC2CCN(Cc3ccccc3)CC2)o1. The number of benzene rings is 1. The maximum atomic E-state index is 12.0. The van der Waals surface area contributed by atoms with Crippen LogP contribution in [0.15, 0.2) is 46.9 Å². The zero-order chi connectivity index (χ0) is 15.4. The van der Waals surface area contributed by atoms with Crippen LogP contribution in [0, 0.1) is 0 Å². The third-order valence-corrected chi connectivity index (χ3v) is 4.02. The molecule has 1 aliphatic heterocycles. The van der Waals surface area contributed by atoms with E-state index in [1.54, 1.807) is 12.1 Å². The minimum Gasteiger partial charge on any atom is -0.436 e. The molecular formula is C17H21N3O2. The van der Waals surface area contributed by atoms with Gasteiger partial charge in [0.1, 0.15) is 0 Å². The first-order chi connectivity index (χ1) is 10.7. The molecule has 1 aromatic carbocycles. The van der Waals surface area contributed by atoms with Crippen molar-refractivity contribution in [2.45, 2.75) is 25.4 Å². The number of nitrogens with one attached hydrogen (secondary N) is 1. The van der Waals surface area contributed by atoms with Gasteiger partial charge in [0.25, 0.3) is 5.91 Å². The molecule has 3 N–H and O–H groups in total. The Hall–Kier alpha value is -2.27. The predicted octanol–water partition coefficient (Wildman–Crippen LogP) is 2.26. The highest BCUT2D eigenvalue weighted by atomic mass is 16.4. The topological polar surface area (TPSA) is 71.5 Å². The van der Waals surface area contributed by atoms with Crippen molar-refractivity contribution in [3.8, 4) is 0 Å². The van der Waals surface area contributed by atoms with E-state index in [1.165, 1.54) is 5.56 Å². The largest absolute Gasteiger partial charge is 0.436 e. The van der Waals surface area contributed by atoms with Crippen LogP contribution in [0.5, 0.6) is 0 Å². The van der Waals surface area contributed by atoms with Crippen molar-refractivity contribution in [2.24, 2.45) is 0 Å². The first-order valence-electron chi connectivity index (χ1n) is 7.63. The summed E-state index contributed by atoms with van der Waals surface area (Å²) in [6.45, 7) is 2.94. The summed E-state index contributed by atoms with van der Waals surface area (Å²) in [4.78, 5) is 14.4. The standard InChI is InChI=1S/C17H21N3O2/c18-16-7-6-15(22-16)17(21)19-14-8-10-20(11-9-14)12-13-4-2-1-3-5-13/h1-7,14H,8-12,18H2,(H,19,21). The summed E-state index contributed by atoms with van der Waals surface area (Å²) < 4.78 is 5.14. The van der Waals surface area contributed by atoms with Gasteiger partial charge in [-0.2, -0.15) is 0 Å². The highest BCUT2D eigenvalue weighted by molar-refractivity contribution is 5.92. The highest BCUT2D eigenvalue weighted by Crippen LogP contribution is 2.15. The molecule has 0 aliphatic carbocycles. The molecule has 1 fully saturated rings. The number of hydrogen-bond donors (Lipinski definition) is 2. The number of furan rings is 1. The zero-order valence-electron chi connectivity index (χ0n) is 12.5. The number of carbonyl (C=O) groups excluding carboxylic acids is 1.